The van der Waals surface area contributed by atoms with E-state index >= 15 is 0 Å². The molecule has 0 saturated carbocycles. The Hall–Kier alpha value is -4.00. The summed E-state index contributed by atoms with van der Waals surface area (Å²) in [5.41, 5.74) is 0.495. The van der Waals surface area contributed by atoms with Gasteiger partial charge in [-0.15, -0.1) is 0 Å². The van der Waals surface area contributed by atoms with Crippen molar-refractivity contribution in [2.24, 2.45) is 0 Å². The molecule has 0 atom stereocenters. The highest BCUT2D eigenvalue weighted by atomic mass is 19.1. The fraction of sp³-hybridized carbons (Fsp3) is 0.167. The van der Waals surface area contributed by atoms with E-state index in [9.17, 15) is 24.6 Å². The molecule has 0 unspecified atom stereocenters. The minimum Gasteiger partial charge on any atom is -0.462 e. The van der Waals surface area contributed by atoms with Crippen molar-refractivity contribution in [1.29, 1.82) is 5.26 Å². The quantitative estimate of drug-likeness (QED) is 0.375. The molecule has 10 heteroatoms. The lowest BCUT2D eigenvalue weighted by atomic mass is 10.1. The van der Waals surface area contributed by atoms with Crippen molar-refractivity contribution in [1.82, 2.24) is 9.61 Å². The number of aromatic nitrogens is 2. The van der Waals surface area contributed by atoms with Crippen LogP contribution in [-0.2, 0) is 4.74 Å². The van der Waals surface area contributed by atoms with Gasteiger partial charge in [-0.05, 0) is 25.5 Å². The van der Waals surface area contributed by atoms with Crippen LogP contribution < -0.4 is 4.74 Å². The fourth-order valence-corrected chi connectivity index (χ4v) is 2.65. The number of rotatable bonds is 5. The van der Waals surface area contributed by atoms with E-state index in [1.165, 1.54) is 16.9 Å². The number of carbonyl (C=O) groups excluding carboxylic acids is 1. The Kier molecular flexibility index (Phi) is 4.91. The maximum absolute atomic E-state index is 14.3. The first-order valence-corrected chi connectivity index (χ1v) is 8.07. The first-order chi connectivity index (χ1) is 13.4. The highest BCUT2D eigenvalue weighted by Gasteiger charge is 2.22. The normalized spacial score (nSPS) is 10.5. The molecule has 2 aromatic heterocycles. The van der Waals surface area contributed by atoms with Crippen LogP contribution >= 0.6 is 0 Å². The van der Waals surface area contributed by atoms with Crippen molar-refractivity contribution in [3.8, 4) is 17.6 Å². The summed E-state index contributed by atoms with van der Waals surface area (Å²) in [4.78, 5) is 22.1. The number of nitro benzene ring substituents is 1. The first-order valence-electron chi connectivity index (χ1n) is 8.07. The Bertz CT molecular complexity index is 1150. The van der Waals surface area contributed by atoms with Gasteiger partial charge >= 0.3 is 5.97 Å². The Morgan fingerprint density at radius 2 is 2.21 bits per heavy atom. The zero-order valence-corrected chi connectivity index (χ0v) is 14.8. The van der Waals surface area contributed by atoms with Crippen molar-refractivity contribution in [2.75, 3.05) is 6.61 Å². The number of fused-ring (bicyclic) bond motifs is 1. The summed E-state index contributed by atoms with van der Waals surface area (Å²) in [5, 5.41) is 24.2. The fourth-order valence-electron chi connectivity index (χ4n) is 2.65. The molecular formula is C18H13FN4O5. The van der Waals surface area contributed by atoms with Gasteiger partial charge in [0.2, 0.25) is 0 Å². The van der Waals surface area contributed by atoms with Gasteiger partial charge < -0.3 is 9.47 Å². The number of nitrogens with zero attached hydrogens (tertiary/aromatic N) is 4. The second-order valence-electron chi connectivity index (χ2n) is 5.65. The number of nitro groups is 1. The first kappa shape index (κ1) is 18.8. The number of hydrogen-bond donors (Lipinski definition) is 0. The zero-order chi connectivity index (χ0) is 20.4. The van der Waals surface area contributed by atoms with Crippen molar-refractivity contribution in [3.63, 3.8) is 0 Å². The predicted octanol–water partition coefficient (Wildman–Crippen LogP) is 3.53. The average molecular weight is 384 g/mol. The van der Waals surface area contributed by atoms with Crippen molar-refractivity contribution < 1.29 is 23.6 Å². The molecule has 3 aromatic rings. The number of ether oxygens (including phenoxy) is 2. The molecule has 0 radical (unpaired) electrons. The molecule has 0 fully saturated rings. The molecule has 0 aliphatic rings. The molecule has 0 aliphatic carbocycles. The largest absolute Gasteiger partial charge is 0.462 e. The molecule has 0 spiro atoms. The molecule has 9 nitrogen and oxygen atoms in total. The summed E-state index contributed by atoms with van der Waals surface area (Å²) in [6.07, 6.45) is 2.63. The number of carbonyl (C=O) groups is 1. The summed E-state index contributed by atoms with van der Waals surface area (Å²) in [6, 6.07) is 4.79. The van der Waals surface area contributed by atoms with E-state index in [1.54, 1.807) is 13.8 Å². The van der Waals surface area contributed by atoms with Gasteiger partial charge in [-0.1, -0.05) is 0 Å². The Balaban J connectivity index is 2.16. The third-order valence-corrected chi connectivity index (χ3v) is 3.96. The van der Waals surface area contributed by atoms with Crippen LogP contribution in [0.4, 0.5) is 10.1 Å². The van der Waals surface area contributed by atoms with Crippen molar-refractivity contribution in [3.05, 3.63) is 63.2 Å². The number of aryl methyl sites for hydroxylation is 1. The van der Waals surface area contributed by atoms with E-state index in [-0.39, 0.29) is 34.7 Å². The van der Waals surface area contributed by atoms with Gasteiger partial charge in [0, 0.05) is 12.3 Å². The molecule has 0 N–H and O–H groups in total. The molecule has 142 valence electrons. The van der Waals surface area contributed by atoms with E-state index in [0.717, 1.165) is 18.2 Å². The Morgan fingerprint density at radius 1 is 1.46 bits per heavy atom. The van der Waals surface area contributed by atoms with Gasteiger partial charge in [0.05, 0.1) is 29.4 Å². The van der Waals surface area contributed by atoms with Gasteiger partial charge in [-0.3, -0.25) is 10.1 Å². The minimum atomic E-state index is -0.970. The van der Waals surface area contributed by atoms with Gasteiger partial charge in [0.25, 0.3) is 5.69 Å². The number of esters is 1. The number of hydrogen-bond acceptors (Lipinski definition) is 7. The molecule has 0 amide bonds. The number of halogens is 1. The van der Waals surface area contributed by atoms with Crippen molar-refractivity contribution >= 4 is 17.2 Å². The summed E-state index contributed by atoms with van der Waals surface area (Å²) in [6.45, 7) is 3.46. The molecule has 1 aromatic carbocycles. The summed E-state index contributed by atoms with van der Waals surface area (Å²) >= 11 is 0. The lowest BCUT2D eigenvalue weighted by Gasteiger charge is -2.10. The van der Waals surface area contributed by atoms with Gasteiger partial charge in [0.15, 0.2) is 17.3 Å². The predicted molar refractivity (Wildman–Crippen MR) is 93.7 cm³/mol. The maximum Gasteiger partial charge on any atom is 0.340 e. The third-order valence-electron chi connectivity index (χ3n) is 3.96. The van der Waals surface area contributed by atoms with Gasteiger partial charge in [-0.25, -0.2) is 13.7 Å². The molecule has 0 bridgehead atoms. The molecule has 28 heavy (non-hydrogen) atoms. The van der Waals surface area contributed by atoms with Crippen molar-refractivity contribution in [2.45, 2.75) is 13.8 Å². The molecule has 2 heterocycles. The topological polar surface area (TPSA) is 120 Å². The standard InChI is InChI=1S/C18H13FN4O5/c1-3-27-18(24)13-9-22-16(10(13)2)17(11(7-20)8-21-22)28-15-5-4-12(23(25)26)6-14(15)19/h4-6,8-9H,3H2,1-2H3. The van der Waals surface area contributed by atoms with E-state index in [0.29, 0.717) is 5.56 Å². The van der Waals surface area contributed by atoms with Crippen LogP contribution in [0.3, 0.4) is 0 Å². The zero-order valence-electron chi connectivity index (χ0n) is 14.8. The minimum absolute atomic E-state index is 0.00172. The van der Waals surface area contributed by atoms with E-state index in [2.05, 4.69) is 5.10 Å². The van der Waals surface area contributed by atoms with Crippen LogP contribution in [0.25, 0.3) is 5.52 Å². The smallest absolute Gasteiger partial charge is 0.340 e. The number of non-ortho nitro benzene ring substituents is 1. The van der Waals surface area contributed by atoms with E-state index < -0.39 is 22.4 Å². The van der Waals surface area contributed by atoms with Crippen LogP contribution in [0.5, 0.6) is 11.5 Å². The van der Waals surface area contributed by atoms with Gasteiger partial charge in [-0.2, -0.15) is 10.4 Å². The highest BCUT2D eigenvalue weighted by molar-refractivity contribution is 5.94. The highest BCUT2D eigenvalue weighted by Crippen LogP contribution is 2.35. The third kappa shape index (κ3) is 3.21. The Morgan fingerprint density at radius 3 is 2.82 bits per heavy atom. The summed E-state index contributed by atoms with van der Waals surface area (Å²) < 4.78 is 26.2. The van der Waals surface area contributed by atoms with Crippen LogP contribution in [0.1, 0.15) is 28.4 Å². The summed E-state index contributed by atoms with van der Waals surface area (Å²) in [7, 11) is 0. The van der Waals surface area contributed by atoms with Crippen LogP contribution in [0, 0.1) is 34.2 Å². The molecular weight excluding hydrogens is 371 g/mol. The molecule has 0 saturated heterocycles. The number of nitriles is 1. The van der Waals surface area contributed by atoms with Crippen LogP contribution in [0.15, 0.2) is 30.6 Å². The maximum atomic E-state index is 14.3. The summed E-state index contributed by atoms with van der Waals surface area (Å²) in [5.74, 6) is -1.88. The second kappa shape index (κ2) is 7.32. The molecule has 0 aliphatic heterocycles. The monoisotopic (exact) mass is 384 g/mol. The van der Waals surface area contributed by atoms with E-state index in [1.807, 2.05) is 6.07 Å². The Labute approximate surface area is 157 Å². The SMILES string of the molecule is CCOC(=O)c1cn2ncc(C#N)c(Oc3ccc([N+](=O)[O-])cc3F)c2c1C. The lowest BCUT2D eigenvalue weighted by molar-refractivity contribution is -0.385. The second-order valence-corrected chi connectivity index (χ2v) is 5.65. The van der Waals surface area contributed by atoms with E-state index in [4.69, 9.17) is 9.47 Å². The lowest BCUT2D eigenvalue weighted by Crippen LogP contribution is -2.04. The van der Waals surface area contributed by atoms with Crippen LogP contribution in [-0.4, -0.2) is 27.1 Å². The van der Waals surface area contributed by atoms with Gasteiger partial charge in [0.1, 0.15) is 17.1 Å². The average Bonchev–Trinajstić information content (AvgIpc) is 3.00. The number of benzene rings is 1. The van der Waals surface area contributed by atoms with Crippen LogP contribution in [0.2, 0.25) is 0 Å². The molecule has 3 rings (SSSR count).